The maximum absolute atomic E-state index is 9.04. The third kappa shape index (κ3) is 3.29. The van der Waals surface area contributed by atoms with Gasteiger partial charge < -0.3 is 9.13 Å². The summed E-state index contributed by atoms with van der Waals surface area (Å²) in [6, 6.07) is 10.6. The Balaban J connectivity index is 1.57. The van der Waals surface area contributed by atoms with Gasteiger partial charge in [-0.05, 0) is 36.3 Å². The van der Waals surface area contributed by atoms with Gasteiger partial charge in [-0.3, -0.25) is 0 Å². The zero-order chi connectivity index (χ0) is 17.9. The predicted octanol–water partition coefficient (Wildman–Crippen LogP) is 4.98. The molecule has 1 aliphatic carbocycles. The van der Waals surface area contributed by atoms with Gasteiger partial charge in [0.2, 0.25) is 0 Å². The number of halogens is 1. The summed E-state index contributed by atoms with van der Waals surface area (Å²) in [6.07, 6.45) is 14.7. The largest absolute Gasteiger partial charge is 0.341 e. The van der Waals surface area contributed by atoms with E-state index in [9.17, 15) is 0 Å². The van der Waals surface area contributed by atoms with Crippen LogP contribution in [0.5, 0.6) is 0 Å². The molecule has 0 radical (unpaired) electrons. The molecular weight excluding hydrogens is 388 g/mol. The quantitative estimate of drug-likeness (QED) is 0.614. The molecule has 5 heteroatoms. The second-order valence-corrected chi connectivity index (χ2v) is 7.10. The van der Waals surface area contributed by atoms with Crippen LogP contribution in [-0.2, 0) is 13.1 Å². The van der Waals surface area contributed by atoms with Crippen LogP contribution in [0.4, 0.5) is 0 Å². The number of nitriles is 1. The van der Waals surface area contributed by atoms with Crippen LogP contribution in [0.15, 0.2) is 82.9 Å². The first kappa shape index (κ1) is 16.6. The van der Waals surface area contributed by atoms with Crippen molar-refractivity contribution in [3.05, 3.63) is 88.6 Å². The summed E-state index contributed by atoms with van der Waals surface area (Å²) in [7, 11) is 0. The van der Waals surface area contributed by atoms with E-state index in [-0.39, 0.29) is 0 Å². The standard InChI is InChI=1S/C21H17BrN4/c22-20-5-2-6-21-19(20)9-10-25(21)14-18-12-24-15-26(18)13-17-4-1-3-16(11-23)7-8-17/h2-10,12,15H,1,13-14H2. The van der Waals surface area contributed by atoms with E-state index in [1.54, 1.807) is 0 Å². The average molecular weight is 405 g/mol. The molecule has 0 saturated carbocycles. The van der Waals surface area contributed by atoms with Gasteiger partial charge in [0.05, 0.1) is 24.6 Å². The number of aromatic nitrogens is 3. The molecule has 0 aliphatic heterocycles. The Hall–Kier alpha value is -2.84. The van der Waals surface area contributed by atoms with Crippen molar-refractivity contribution in [1.82, 2.24) is 14.1 Å². The highest BCUT2D eigenvalue weighted by molar-refractivity contribution is 9.10. The number of hydrogen-bond acceptors (Lipinski definition) is 2. The Morgan fingerprint density at radius 3 is 2.92 bits per heavy atom. The van der Waals surface area contributed by atoms with Gasteiger partial charge in [-0.1, -0.05) is 40.2 Å². The first-order chi connectivity index (χ1) is 12.7. The van der Waals surface area contributed by atoms with E-state index in [0.717, 1.165) is 29.7 Å². The minimum absolute atomic E-state index is 0.714. The highest BCUT2D eigenvalue weighted by atomic mass is 79.9. The minimum Gasteiger partial charge on any atom is -0.341 e. The van der Waals surface area contributed by atoms with Crippen LogP contribution in [0.2, 0.25) is 0 Å². The number of nitrogens with zero attached hydrogens (tertiary/aromatic N) is 4. The van der Waals surface area contributed by atoms with Crippen LogP contribution in [0, 0.1) is 11.3 Å². The Labute approximate surface area is 160 Å². The van der Waals surface area contributed by atoms with Gasteiger partial charge in [-0.15, -0.1) is 0 Å². The first-order valence-electron chi connectivity index (χ1n) is 8.44. The first-order valence-corrected chi connectivity index (χ1v) is 9.23. The Bertz CT molecular complexity index is 1090. The summed E-state index contributed by atoms with van der Waals surface area (Å²) in [5.41, 5.74) is 4.25. The zero-order valence-corrected chi connectivity index (χ0v) is 15.7. The lowest BCUT2D eigenvalue weighted by atomic mass is 10.2. The fourth-order valence-electron chi connectivity index (χ4n) is 3.19. The van der Waals surface area contributed by atoms with Crippen molar-refractivity contribution >= 4 is 26.8 Å². The van der Waals surface area contributed by atoms with Crippen LogP contribution < -0.4 is 0 Å². The second kappa shape index (κ2) is 7.19. The van der Waals surface area contributed by atoms with Gasteiger partial charge in [0.15, 0.2) is 0 Å². The van der Waals surface area contributed by atoms with Crippen LogP contribution in [-0.4, -0.2) is 14.1 Å². The lowest BCUT2D eigenvalue weighted by Crippen LogP contribution is -2.07. The molecule has 128 valence electrons. The fourth-order valence-corrected chi connectivity index (χ4v) is 3.68. The number of rotatable bonds is 4. The van der Waals surface area contributed by atoms with Crippen molar-refractivity contribution in [1.29, 1.82) is 5.26 Å². The highest BCUT2D eigenvalue weighted by Crippen LogP contribution is 2.25. The van der Waals surface area contributed by atoms with Crippen molar-refractivity contribution < 1.29 is 0 Å². The lowest BCUT2D eigenvalue weighted by Gasteiger charge is -2.11. The van der Waals surface area contributed by atoms with Crippen molar-refractivity contribution in [2.45, 2.75) is 19.5 Å². The second-order valence-electron chi connectivity index (χ2n) is 6.25. The van der Waals surface area contributed by atoms with Crippen LogP contribution in [0.25, 0.3) is 10.9 Å². The van der Waals surface area contributed by atoms with Crippen LogP contribution >= 0.6 is 15.9 Å². The average Bonchev–Trinajstić information content (AvgIpc) is 3.18. The number of allylic oxidation sites excluding steroid dienone is 6. The third-order valence-corrected chi connectivity index (χ3v) is 5.26. The molecule has 3 aromatic rings. The Kier molecular flexibility index (Phi) is 4.59. The van der Waals surface area contributed by atoms with Crippen molar-refractivity contribution in [2.75, 3.05) is 0 Å². The predicted molar refractivity (Wildman–Crippen MR) is 107 cm³/mol. The fraction of sp³-hybridized carbons (Fsp3) is 0.143. The molecule has 0 amide bonds. The van der Waals surface area contributed by atoms with Crippen molar-refractivity contribution in [3.63, 3.8) is 0 Å². The Morgan fingerprint density at radius 1 is 1.12 bits per heavy atom. The van der Waals surface area contributed by atoms with Gasteiger partial charge >= 0.3 is 0 Å². The summed E-state index contributed by atoms with van der Waals surface area (Å²) in [5.74, 6) is 0. The van der Waals surface area contributed by atoms with E-state index in [1.165, 1.54) is 16.5 Å². The SMILES string of the molecule is N#CC1=CCC=C(Cn2cncc2Cn2ccc3c(Br)cccc32)C=C1. The molecule has 0 unspecified atom stereocenters. The highest BCUT2D eigenvalue weighted by Gasteiger charge is 2.09. The lowest BCUT2D eigenvalue weighted by molar-refractivity contribution is 0.697. The monoisotopic (exact) mass is 404 g/mol. The smallest absolute Gasteiger partial charge is 0.0988 e. The van der Waals surface area contributed by atoms with E-state index < -0.39 is 0 Å². The topological polar surface area (TPSA) is 46.5 Å². The molecular formula is C21H17BrN4. The minimum atomic E-state index is 0.714. The molecule has 2 aromatic heterocycles. The van der Waals surface area contributed by atoms with E-state index >= 15 is 0 Å². The van der Waals surface area contributed by atoms with E-state index in [4.69, 9.17) is 5.26 Å². The summed E-state index contributed by atoms with van der Waals surface area (Å²) in [6.45, 7) is 1.51. The molecule has 0 N–H and O–H groups in total. The molecule has 26 heavy (non-hydrogen) atoms. The van der Waals surface area contributed by atoms with Crippen LogP contribution in [0.1, 0.15) is 12.1 Å². The normalized spacial score (nSPS) is 14.0. The molecule has 1 aromatic carbocycles. The van der Waals surface area contributed by atoms with Gasteiger partial charge in [-0.25, -0.2) is 4.98 Å². The van der Waals surface area contributed by atoms with Gasteiger partial charge in [-0.2, -0.15) is 5.26 Å². The molecule has 1 aliphatic rings. The maximum atomic E-state index is 9.04. The number of hydrogen-bond donors (Lipinski definition) is 0. The zero-order valence-electron chi connectivity index (χ0n) is 14.1. The molecule has 0 saturated heterocycles. The molecule has 0 fully saturated rings. The van der Waals surface area contributed by atoms with E-state index in [2.05, 4.69) is 72.7 Å². The van der Waals surface area contributed by atoms with E-state index in [1.807, 2.05) is 30.8 Å². The van der Waals surface area contributed by atoms with Gasteiger partial charge in [0.1, 0.15) is 0 Å². The number of benzene rings is 1. The summed E-state index contributed by atoms with van der Waals surface area (Å²) in [5, 5.41) is 10.3. The number of imidazole rings is 1. The number of fused-ring (bicyclic) bond motifs is 1. The summed E-state index contributed by atoms with van der Waals surface area (Å²) < 4.78 is 5.51. The Morgan fingerprint density at radius 2 is 2.04 bits per heavy atom. The van der Waals surface area contributed by atoms with Gasteiger partial charge in [0, 0.05) is 39.9 Å². The molecule has 4 nitrogen and oxygen atoms in total. The van der Waals surface area contributed by atoms with Crippen molar-refractivity contribution in [3.8, 4) is 6.07 Å². The molecule has 4 rings (SSSR count). The molecule has 0 bridgehead atoms. The summed E-state index contributed by atoms with van der Waals surface area (Å²) in [4.78, 5) is 4.34. The molecule has 0 atom stereocenters. The maximum Gasteiger partial charge on any atom is 0.0988 e. The van der Waals surface area contributed by atoms with E-state index in [0.29, 0.717) is 5.57 Å². The third-order valence-electron chi connectivity index (χ3n) is 4.57. The van der Waals surface area contributed by atoms with Crippen LogP contribution in [0.3, 0.4) is 0 Å². The summed E-state index contributed by atoms with van der Waals surface area (Å²) >= 11 is 3.61. The van der Waals surface area contributed by atoms with Crippen molar-refractivity contribution in [2.24, 2.45) is 0 Å². The molecule has 0 spiro atoms. The van der Waals surface area contributed by atoms with Gasteiger partial charge in [0.25, 0.3) is 0 Å². The molecule has 2 heterocycles.